The first-order chi connectivity index (χ1) is 16.5. The lowest BCUT2D eigenvalue weighted by molar-refractivity contribution is 0.102. The fourth-order valence-electron chi connectivity index (χ4n) is 3.90. The van der Waals surface area contributed by atoms with E-state index >= 15 is 0 Å². The lowest BCUT2D eigenvalue weighted by Crippen LogP contribution is -2.23. The van der Waals surface area contributed by atoms with Gasteiger partial charge in [0, 0.05) is 37.1 Å². The molecule has 4 N–H and O–H groups in total. The Bertz CT molecular complexity index is 1340. The molecule has 4 aromatic rings. The van der Waals surface area contributed by atoms with Crippen molar-refractivity contribution in [3.8, 4) is 11.5 Å². The van der Waals surface area contributed by atoms with Crippen molar-refractivity contribution in [3.05, 3.63) is 48.1 Å². The highest BCUT2D eigenvalue weighted by Crippen LogP contribution is 2.37. The maximum Gasteiger partial charge on any atom is 0.277 e. The van der Waals surface area contributed by atoms with E-state index in [4.69, 9.17) is 9.52 Å². The van der Waals surface area contributed by atoms with Crippen molar-refractivity contribution in [3.63, 3.8) is 0 Å². The van der Waals surface area contributed by atoms with Crippen LogP contribution in [0.25, 0.3) is 21.7 Å². The van der Waals surface area contributed by atoms with Gasteiger partial charge in [-0.25, -0.2) is 9.97 Å². The van der Waals surface area contributed by atoms with Crippen LogP contribution in [0.1, 0.15) is 22.6 Å². The number of thiazole rings is 1. The third kappa shape index (κ3) is 4.58. The van der Waals surface area contributed by atoms with Gasteiger partial charge in [0.05, 0.1) is 34.3 Å². The van der Waals surface area contributed by atoms with Gasteiger partial charge in [0.2, 0.25) is 5.89 Å². The predicted molar refractivity (Wildman–Crippen MR) is 130 cm³/mol. The minimum absolute atomic E-state index is 0.00684. The molecule has 4 heterocycles. The largest absolute Gasteiger partial charge is 0.444 e. The number of nitrogens with one attached hydrogen (secondary N) is 2. The van der Waals surface area contributed by atoms with Crippen molar-refractivity contribution >= 4 is 44.0 Å². The monoisotopic (exact) mass is 480 g/mol. The Hall–Kier alpha value is -3.54. The van der Waals surface area contributed by atoms with Crippen LogP contribution >= 0.6 is 11.3 Å². The summed E-state index contributed by atoms with van der Waals surface area (Å²) in [7, 11) is 0. The Morgan fingerprint density at radius 2 is 2.21 bits per heavy atom. The Labute approximate surface area is 199 Å². The second-order valence-corrected chi connectivity index (χ2v) is 9.10. The minimum Gasteiger partial charge on any atom is -0.444 e. The highest BCUT2D eigenvalue weighted by molar-refractivity contribution is 7.22. The van der Waals surface area contributed by atoms with Crippen molar-refractivity contribution in [1.82, 2.24) is 15.0 Å². The van der Waals surface area contributed by atoms with Crippen LogP contribution in [0.5, 0.6) is 0 Å². The standard InChI is InChI=1S/C23H24N6O4S/c1-13-8-14(2-4-24-13)22-27-18(12-33-22)21(32)26-16-10-20-17(28-23(34-20)25-5-7-30)9-19(16)29-6-3-15(31)11-29/h2,4,8-10,12,15,30-31H,3,5-7,11H2,1H3,(H,25,28)(H,26,32). The van der Waals surface area contributed by atoms with Crippen molar-refractivity contribution < 1.29 is 19.4 Å². The van der Waals surface area contributed by atoms with Gasteiger partial charge in [-0.1, -0.05) is 11.3 Å². The topological polar surface area (TPSA) is 137 Å². The van der Waals surface area contributed by atoms with E-state index in [0.29, 0.717) is 42.8 Å². The van der Waals surface area contributed by atoms with E-state index < -0.39 is 12.0 Å². The number of carbonyl (C=O) groups excluding carboxylic acids is 1. The van der Waals surface area contributed by atoms with Crippen LogP contribution in [0.15, 0.2) is 41.1 Å². The molecule has 1 fully saturated rings. The summed E-state index contributed by atoms with van der Waals surface area (Å²) < 4.78 is 6.42. The SMILES string of the molecule is Cc1cc(-c2nc(C(=O)Nc3cc4sc(NCCO)nc4cc3N3CCC(O)C3)co2)ccn1. The van der Waals surface area contributed by atoms with E-state index in [1.54, 1.807) is 12.3 Å². The molecular weight excluding hydrogens is 456 g/mol. The molecule has 1 aliphatic rings. The fourth-order valence-corrected chi connectivity index (χ4v) is 4.81. The molecule has 11 heteroatoms. The molecule has 3 aromatic heterocycles. The molecule has 1 saturated heterocycles. The number of nitrogens with zero attached hydrogens (tertiary/aromatic N) is 4. The third-order valence-electron chi connectivity index (χ3n) is 5.53. The quantitative estimate of drug-likeness (QED) is 0.315. The van der Waals surface area contributed by atoms with E-state index in [2.05, 4.69) is 25.6 Å². The number of aliphatic hydroxyl groups is 2. The Balaban J connectivity index is 1.45. The van der Waals surface area contributed by atoms with Crippen molar-refractivity contribution in [2.45, 2.75) is 19.4 Å². The van der Waals surface area contributed by atoms with E-state index in [0.717, 1.165) is 27.2 Å². The molecule has 1 aliphatic heterocycles. The minimum atomic E-state index is -0.418. The molecule has 34 heavy (non-hydrogen) atoms. The zero-order valence-corrected chi connectivity index (χ0v) is 19.3. The predicted octanol–water partition coefficient (Wildman–Crippen LogP) is 2.88. The molecule has 0 spiro atoms. The molecule has 0 radical (unpaired) electrons. The Morgan fingerprint density at radius 1 is 1.32 bits per heavy atom. The number of carbonyl (C=O) groups is 1. The van der Waals surface area contributed by atoms with E-state index in [9.17, 15) is 9.90 Å². The molecule has 1 amide bonds. The molecule has 5 rings (SSSR count). The Kier molecular flexibility index (Phi) is 6.14. The van der Waals surface area contributed by atoms with Crippen LogP contribution < -0.4 is 15.5 Å². The average molecular weight is 481 g/mol. The van der Waals surface area contributed by atoms with Gasteiger partial charge in [-0.15, -0.1) is 0 Å². The average Bonchev–Trinajstić information content (AvgIpc) is 3.56. The van der Waals surface area contributed by atoms with Gasteiger partial charge in [-0.2, -0.15) is 0 Å². The molecule has 10 nitrogen and oxygen atoms in total. The maximum atomic E-state index is 13.1. The molecule has 1 aromatic carbocycles. The number of pyridine rings is 1. The lowest BCUT2D eigenvalue weighted by Gasteiger charge is -2.21. The van der Waals surface area contributed by atoms with Crippen LogP contribution in [-0.2, 0) is 0 Å². The van der Waals surface area contributed by atoms with Gasteiger partial charge in [0.1, 0.15) is 6.26 Å². The molecular formula is C23H24N6O4S. The number of hydrogen-bond donors (Lipinski definition) is 4. The first kappa shape index (κ1) is 22.3. The number of oxazole rings is 1. The summed E-state index contributed by atoms with van der Waals surface area (Å²) in [6, 6.07) is 7.40. The number of aryl methyl sites for hydroxylation is 1. The second kappa shape index (κ2) is 9.37. The second-order valence-electron chi connectivity index (χ2n) is 8.07. The summed E-state index contributed by atoms with van der Waals surface area (Å²) >= 11 is 1.44. The summed E-state index contributed by atoms with van der Waals surface area (Å²) in [5, 5.41) is 25.9. The number of anilines is 3. The van der Waals surface area contributed by atoms with Crippen molar-refractivity contribution in [2.24, 2.45) is 0 Å². The number of rotatable bonds is 7. The van der Waals surface area contributed by atoms with Gasteiger partial charge in [-0.3, -0.25) is 9.78 Å². The summed E-state index contributed by atoms with van der Waals surface area (Å²) in [6.07, 6.45) is 3.24. The van der Waals surface area contributed by atoms with Crippen LogP contribution in [0.2, 0.25) is 0 Å². The number of β-amino-alcohol motifs (C(OH)–C–C–N with tert-alkyl or cyclic N) is 1. The Morgan fingerprint density at radius 3 is 2.97 bits per heavy atom. The van der Waals surface area contributed by atoms with E-state index in [1.807, 2.05) is 30.0 Å². The first-order valence-electron chi connectivity index (χ1n) is 10.9. The van der Waals surface area contributed by atoms with Crippen molar-refractivity contribution in [2.75, 3.05) is 41.8 Å². The number of benzene rings is 1. The van der Waals surface area contributed by atoms with Gasteiger partial charge in [-0.05, 0) is 37.6 Å². The van der Waals surface area contributed by atoms with Crippen LogP contribution in [0, 0.1) is 6.92 Å². The number of aliphatic hydroxyl groups excluding tert-OH is 2. The van der Waals surface area contributed by atoms with Gasteiger partial charge >= 0.3 is 0 Å². The van der Waals surface area contributed by atoms with Gasteiger partial charge < -0.3 is 30.2 Å². The summed E-state index contributed by atoms with van der Waals surface area (Å²) in [6.45, 7) is 3.43. The highest BCUT2D eigenvalue weighted by atomic mass is 32.1. The third-order valence-corrected chi connectivity index (χ3v) is 6.50. The zero-order chi connectivity index (χ0) is 23.7. The summed E-state index contributed by atoms with van der Waals surface area (Å²) in [5.41, 5.74) is 3.89. The summed E-state index contributed by atoms with van der Waals surface area (Å²) in [5.74, 6) is -0.0553. The smallest absolute Gasteiger partial charge is 0.277 e. The molecule has 1 unspecified atom stereocenters. The zero-order valence-electron chi connectivity index (χ0n) is 18.5. The van der Waals surface area contributed by atoms with Crippen molar-refractivity contribution in [1.29, 1.82) is 0 Å². The molecule has 0 aliphatic carbocycles. The summed E-state index contributed by atoms with van der Waals surface area (Å²) in [4.78, 5) is 28.2. The molecule has 176 valence electrons. The number of amides is 1. The fraction of sp³-hybridized carbons (Fsp3) is 0.304. The first-order valence-corrected chi connectivity index (χ1v) is 11.7. The molecule has 1 atom stereocenters. The molecule has 0 bridgehead atoms. The number of fused-ring (bicyclic) bond motifs is 1. The van der Waals surface area contributed by atoms with Crippen LogP contribution in [-0.4, -0.2) is 63.4 Å². The van der Waals surface area contributed by atoms with Gasteiger partial charge in [0.15, 0.2) is 10.8 Å². The maximum absolute atomic E-state index is 13.1. The highest BCUT2D eigenvalue weighted by Gasteiger charge is 2.25. The molecule has 0 saturated carbocycles. The van der Waals surface area contributed by atoms with Crippen LogP contribution in [0.3, 0.4) is 0 Å². The number of hydrogen-bond acceptors (Lipinski definition) is 10. The van der Waals surface area contributed by atoms with Gasteiger partial charge in [0.25, 0.3) is 5.91 Å². The van der Waals surface area contributed by atoms with E-state index in [1.165, 1.54) is 17.6 Å². The number of aromatic nitrogens is 3. The lowest BCUT2D eigenvalue weighted by atomic mass is 10.2. The van der Waals surface area contributed by atoms with E-state index in [-0.39, 0.29) is 12.3 Å². The van der Waals surface area contributed by atoms with Crippen LogP contribution in [0.4, 0.5) is 16.5 Å². The normalized spacial score (nSPS) is 15.7.